The second-order valence-corrected chi connectivity index (χ2v) is 5.04. The summed E-state index contributed by atoms with van der Waals surface area (Å²) in [7, 11) is -4.41. The summed E-state index contributed by atoms with van der Waals surface area (Å²) < 4.78 is 32.3. The van der Waals surface area contributed by atoms with Gasteiger partial charge in [-0.15, -0.1) is 12.1 Å². The van der Waals surface area contributed by atoms with E-state index < -0.39 is 10.1 Å². The Kier molecular flexibility index (Phi) is 9.89. The van der Waals surface area contributed by atoms with Gasteiger partial charge in [-0.2, -0.15) is 17.7 Å². The molecule has 0 aromatic heterocycles. The number of benzene rings is 2. The van der Waals surface area contributed by atoms with Crippen LogP contribution in [0.25, 0.3) is 11.1 Å². The number of hydrogen-bond donors (Lipinski definition) is 0. The molecule has 2 rings (SSSR count). The quantitative estimate of drug-likeness (QED) is 0.322. The third-order valence-electron chi connectivity index (χ3n) is 2.48. The van der Waals surface area contributed by atoms with Crippen LogP contribution in [0.1, 0.15) is 5.56 Å². The van der Waals surface area contributed by atoms with E-state index in [-0.39, 0.29) is 48.1 Å². The maximum atomic E-state index is 10.8. The minimum atomic E-state index is -4.41. The van der Waals surface area contributed by atoms with E-state index in [0.717, 1.165) is 11.1 Å². The molecule has 0 aliphatic carbocycles. The summed E-state index contributed by atoms with van der Waals surface area (Å²) in [5.41, 5.74) is 2.03. The summed E-state index contributed by atoms with van der Waals surface area (Å²) in [6.07, 6.45) is 1.76. The van der Waals surface area contributed by atoms with Gasteiger partial charge in [-0.05, 0) is 23.3 Å². The second kappa shape index (κ2) is 9.24. The van der Waals surface area contributed by atoms with Crippen LogP contribution < -0.4 is 37.7 Å². The van der Waals surface area contributed by atoms with Crippen LogP contribution in [0.3, 0.4) is 0 Å². The molecule has 0 saturated carbocycles. The molecular formula is C13H9Li2O5S-. The molecule has 100 valence electrons. The molecule has 2 aromatic carbocycles. The molecule has 0 heterocycles. The zero-order chi connectivity index (χ0) is 13.2. The number of hydrogen-bond acceptors (Lipinski definition) is 5. The third kappa shape index (κ3) is 5.82. The Labute approximate surface area is 147 Å². The molecule has 0 bridgehead atoms. The minimum absolute atomic E-state index is 0. The maximum Gasteiger partial charge on any atom is 1.00 e. The van der Waals surface area contributed by atoms with Crippen LogP contribution >= 0.6 is 0 Å². The van der Waals surface area contributed by atoms with Crippen LogP contribution in [0.5, 0.6) is 0 Å². The van der Waals surface area contributed by atoms with Crippen molar-refractivity contribution in [1.82, 2.24) is 0 Å². The van der Waals surface area contributed by atoms with Crippen molar-refractivity contribution in [1.29, 1.82) is 0 Å². The van der Waals surface area contributed by atoms with Crippen molar-refractivity contribution in [3.8, 4) is 11.1 Å². The van der Waals surface area contributed by atoms with Gasteiger partial charge in [0.1, 0.15) is 10.1 Å². The molecule has 0 unspecified atom stereocenters. The summed E-state index contributed by atoms with van der Waals surface area (Å²) >= 11 is 0. The van der Waals surface area contributed by atoms with Crippen molar-refractivity contribution in [2.75, 3.05) is 0 Å². The summed E-state index contributed by atoms with van der Waals surface area (Å²) in [5, 5.41) is 0. The molecule has 0 fully saturated rings. The largest absolute Gasteiger partial charge is 1.00 e. The summed E-state index contributed by atoms with van der Waals surface area (Å²) in [6.45, 7) is 0. The number of carbonyl (C=O) groups excluding carboxylic acids is 1. The van der Waals surface area contributed by atoms with Crippen LogP contribution in [0.15, 0.2) is 53.4 Å². The average molecular weight is 291 g/mol. The molecule has 21 heavy (non-hydrogen) atoms. The first-order valence-corrected chi connectivity index (χ1v) is 6.46. The molecule has 0 atom stereocenters. The van der Waals surface area contributed by atoms with Gasteiger partial charge in [-0.1, -0.05) is 12.1 Å². The van der Waals surface area contributed by atoms with Crippen LogP contribution in [-0.2, 0) is 14.9 Å². The van der Waals surface area contributed by atoms with E-state index >= 15 is 0 Å². The van der Waals surface area contributed by atoms with Gasteiger partial charge in [0.05, 0.1) is 11.2 Å². The molecule has 0 aliphatic heterocycles. The summed E-state index contributed by atoms with van der Waals surface area (Å²) in [4.78, 5) is 10.1. The van der Waals surface area contributed by atoms with E-state index in [0.29, 0.717) is 5.56 Å². The molecule has 0 saturated heterocycles. The molecular weight excluding hydrogens is 282 g/mol. The van der Waals surface area contributed by atoms with Gasteiger partial charge < -0.3 is 14.8 Å². The van der Waals surface area contributed by atoms with Crippen molar-refractivity contribution in [3.63, 3.8) is 0 Å². The minimum Gasteiger partial charge on any atom is -0.870 e. The van der Waals surface area contributed by atoms with Gasteiger partial charge in [-0.3, -0.25) is 0 Å². The molecule has 5 nitrogen and oxygen atoms in total. The zero-order valence-corrected chi connectivity index (χ0v) is 12.4. The Bertz CT molecular complexity index is 667. The molecule has 1 N–H and O–H groups in total. The Hall–Kier alpha value is -0.825. The van der Waals surface area contributed by atoms with E-state index in [2.05, 4.69) is 0 Å². The van der Waals surface area contributed by atoms with Gasteiger partial charge in [0, 0.05) is 0 Å². The van der Waals surface area contributed by atoms with Crippen LogP contribution in [-0.4, -0.2) is 24.7 Å². The zero-order valence-electron chi connectivity index (χ0n) is 11.6. The van der Waals surface area contributed by atoms with Gasteiger partial charge in [0.25, 0.3) is 0 Å². The van der Waals surface area contributed by atoms with Crippen molar-refractivity contribution in [3.05, 3.63) is 54.1 Å². The predicted molar refractivity (Wildman–Crippen MR) is 66.6 cm³/mol. The summed E-state index contributed by atoms with van der Waals surface area (Å²) in [6, 6.07) is 12.3. The van der Waals surface area contributed by atoms with Crippen LogP contribution in [0, 0.1) is 0 Å². The fourth-order valence-corrected chi connectivity index (χ4v) is 2.01. The Morgan fingerprint density at radius 3 is 1.52 bits per heavy atom. The molecule has 0 aliphatic rings. The van der Waals surface area contributed by atoms with E-state index in [1.165, 1.54) is 12.1 Å². The molecule has 8 heteroatoms. The van der Waals surface area contributed by atoms with Crippen molar-refractivity contribution >= 4 is 16.4 Å². The first-order valence-electron chi connectivity index (χ1n) is 5.05. The van der Waals surface area contributed by atoms with Crippen molar-refractivity contribution < 1.29 is 61.0 Å². The standard InChI is InChI=1S/C13H9O4S.2Li.H2O/c14-9-10-1-3-11(4-2-10)12-5-7-13(8-6-12)18(15,16)17;;;/h1-8H,(H,15,16,17);;;1H2/q-1;2*+1;/p-2. The third-order valence-corrected chi connectivity index (χ3v) is 3.33. The second-order valence-electron chi connectivity index (χ2n) is 3.66. The fraction of sp³-hybridized carbons (Fsp3) is 0. The number of rotatable bonds is 3. The van der Waals surface area contributed by atoms with E-state index in [4.69, 9.17) is 0 Å². The van der Waals surface area contributed by atoms with Crippen molar-refractivity contribution in [2.45, 2.75) is 4.90 Å². The Morgan fingerprint density at radius 2 is 1.19 bits per heavy atom. The van der Waals surface area contributed by atoms with Crippen LogP contribution in [0.4, 0.5) is 0 Å². The summed E-state index contributed by atoms with van der Waals surface area (Å²) in [5.74, 6) is 0. The molecule has 0 spiro atoms. The van der Waals surface area contributed by atoms with E-state index in [1.54, 1.807) is 42.7 Å². The van der Waals surface area contributed by atoms with E-state index in [1.807, 2.05) is 0 Å². The SMILES string of the molecule is O=[C-]c1ccc(-c2ccc(S(=O)(=O)[O-])cc2)cc1.[Li+].[Li+].[OH-]. The smallest absolute Gasteiger partial charge is 0.870 e. The molecule has 0 radical (unpaired) electrons. The average Bonchev–Trinajstić information content (AvgIpc) is 2.38. The first kappa shape index (κ1) is 22.5. The fourth-order valence-electron chi connectivity index (χ4n) is 1.54. The predicted octanol–water partition coefficient (Wildman–Crippen LogP) is -4.45. The Morgan fingerprint density at radius 1 is 0.810 bits per heavy atom. The Balaban J connectivity index is 0. The normalized spacial score (nSPS) is 9.57. The van der Waals surface area contributed by atoms with Gasteiger partial charge in [-0.25, -0.2) is 8.42 Å². The van der Waals surface area contributed by atoms with E-state index in [9.17, 15) is 17.8 Å². The van der Waals surface area contributed by atoms with Crippen LogP contribution in [0.2, 0.25) is 0 Å². The van der Waals surface area contributed by atoms with Gasteiger partial charge in [0.2, 0.25) is 0 Å². The molecule has 2 aromatic rings. The van der Waals surface area contributed by atoms with Crippen molar-refractivity contribution in [2.24, 2.45) is 0 Å². The first-order chi connectivity index (χ1) is 8.50. The van der Waals surface area contributed by atoms with Gasteiger partial charge in [0.15, 0.2) is 0 Å². The molecule has 0 amide bonds. The maximum absolute atomic E-state index is 10.8. The topological polar surface area (TPSA) is 104 Å². The van der Waals surface area contributed by atoms with Gasteiger partial charge >= 0.3 is 37.7 Å². The monoisotopic (exact) mass is 291 g/mol.